The lowest BCUT2D eigenvalue weighted by Crippen LogP contribution is -2.36. The summed E-state index contributed by atoms with van der Waals surface area (Å²) < 4.78 is 4.38. The van der Waals surface area contributed by atoms with E-state index in [9.17, 15) is 14.4 Å². The monoisotopic (exact) mass is 244 g/mol. The number of carbonyl (C=O) groups excluding carboxylic acids is 2. The van der Waals surface area contributed by atoms with Crippen LogP contribution in [0.15, 0.2) is 11.8 Å². The van der Waals surface area contributed by atoms with Gasteiger partial charge < -0.3 is 20.9 Å². The third-order valence-electron chi connectivity index (χ3n) is 1.91. The molecule has 0 radical (unpaired) electrons. The van der Waals surface area contributed by atoms with Gasteiger partial charge in [0.2, 0.25) is 5.91 Å². The highest BCUT2D eigenvalue weighted by Gasteiger charge is 2.17. The summed E-state index contributed by atoms with van der Waals surface area (Å²) in [5, 5.41) is 11.5. The maximum absolute atomic E-state index is 10.9. The first kappa shape index (κ1) is 14.9. The molecule has 1 amide bonds. The van der Waals surface area contributed by atoms with Crippen molar-refractivity contribution in [3.63, 3.8) is 0 Å². The minimum Gasteiger partial charge on any atom is -0.480 e. The van der Waals surface area contributed by atoms with E-state index in [1.165, 1.54) is 14.0 Å². The van der Waals surface area contributed by atoms with Crippen molar-refractivity contribution >= 4 is 17.8 Å². The molecule has 0 fully saturated rings. The van der Waals surface area contributed by atoms with E-state index in [0.29, 0.717) is 5.70 Å². The number of methoxy groups -OCH3 is 1. The first-order valence-corrected chi connectivity index (χ1v) is 4.90. The van der Waals surface area contributed by atoms with Gasteiger partial charge in [-0.05, 0) is 13.3 Å². The molecule has 0 unspecified atom stereocenters. The fourth-order valence-electron chi connectivity index (χ4n) is 1.10. The molecule has 0 spiro atoms. The Hall–Kier alpha value is -2.05. The van der Waals surface area contributed by atoms with Gasteiger partial charge in [-0.25, -0.2) is 9.59 Å². The van der Waals surface area contributed by atoms with E-state index >= 15 is 0 Å². The van der Waals surface area contributed by atoms with Crippen molar-refractivity contribution in [2.24, 2.45) is 5.73 Å². The van der Waals surface area contributed by atoms with Crippen molar-refractivity contribution in [1.29, 1.82) is 0 Å². The molecule has 96 valence electrons. The summed E-state index contributed by atoms with van der Waals surface area (Å²) in [7, 11) is 1.22. The van der Waals surface area contributed by atoms with Crippen LogP contribution in [0.5, 0.6) is 0 Å². The lowest BCUT2D eigenvalue weighted by Gasteiger charge is -2.14. The number of aliphatic carboxylic acids is 1. The molecule has 0 aromatic carbocycles. The number of primary amides is 1. The molecule has 0 saturated carbocycles. The first-order valence-electron chi connectivity index (χ1n) is 4.90. The number of nitrogens with one attached hydrogen (secondary N) is 1. The van der Waals surface area contributed by atoms with Gasteiger partial charge in [-0.1, -0.05) is 0 Å². The molecule has 7 heteroatoms. The van der Waals surface area contributed by atoms with E-state index in [-0.39, 0.29) is 12.8 Å². The fourth-order valence-corrected chi connectivity index (χ4v) is 1.10. The van der Waals surface area contributed by atoms with Gasteiger partial charge in [0.25, 0.3) is 0 Å². The second-order valence-electron chi connectivity index (χ2n) is 3.39. The summed E-state index contributed by atoms with van der Waals surface area (Å²) in [5.74, 6) is -2.29. The Balaban J connectivity index is 4.44. The van der Waals surface area contributed by atoms with E-state index in [4.69, 9.17) is 10.8 Å². The van der Waals surface area contributed by atoms with Crippen LogP contribution in [-0.4, -0.2) is 36.1 Å². The van der Waals surface area contributed by atoms with Crippen LogP contribution in [0, 0.1) is 0 Å². The molecule has 17 heavy (non-hydrogen) atoms. The number of allylic oxidation sites excluding steroid dienone is 1. The standard InChI is InChI=1S/C10H16N2O5/c1-6(5-9(14)17-2)12-7(10(15)16)3-4-8(11)13/h5,7,12H,3-4H2,1-2H3,(H2,11,13)(H,15,16)/b6-5-/t7-/m0/s1. The van der Waals surface area contributed by atoms with E-state index in [0.717, 1.165) is 6.08 Å². The Bertz CT molecular complexity index is 338. The Morgan fingerprint density at radius 1 is 1.47 bits per heavy atom. The second kappa shape index (κ2) is 7.26. The van der Waals surface area contributed by atoms with Gasteiger partial charge in [0.15, 0.2) is 0 Å². The lowest BCUT2D eigenvalue weighted by atomic mass is 10.1. The van der Waals surface area contributed by atoms with Gasteiger partial charge >= 0.3 is 11.9 Å². The summed E-state index contributed by atoms with van der Waals surface area (Å²) in [5.41, 5.74) is 5.27. The minimum atomic E-state index is -1.12. The number of hydrogen-bond donors (Lipinski definition) is 3. The molecule has 7 nitrogen and oxygen atoms in total. The summed E-state index contributed by atoms with van der Waals surface area (Å²) in [4.78, 5) is 32.3. The predicted octanol–water partition coefficient (Wildman–Crippen LogP) is -0.628. The van der Waals surface area contributed by atoms with E-state index in [1.54, 1.807) is 0 Å². The first-order chi connectivity index (χ1) is 7.86. The molecular weight excluding hydrogens is 228 g/mol. The number of hydrogen-bond acceptors (Lipinski definition) is 5. The van der Waals surface area contributed by atoms with E-state index in [1.807, 2.05) is 0 Å². The smallest absolute Gasteiger partial charge is 0.332 e. The third-order valence-corrected chi connectivity index (χ3v) is 1.91. The van der Waals surface area contributed by atoms with Crippen molar-refractivity contribution in [3.05, 3.63) is 11.8 Å². The molecule has 0 aliphatic carbocycles. The maximum Gasteiger partial charge on any atom is 0.332 e. The summed E-state index contributed by atoms with van der Waals surface area (Å²) in [6, 6.07) is -0.969. The Kier molecular flexibility index (Phi) is 6.39. The number of ether oxygens (including phenoxy) is 1. The van der Waals surface area contributed by atoms with Crippen LogP contribution in [0.4, 0.5) is 0 Å². The molecule has 0 aliphatic rings. The molecular formula is C10H16N2O5. The highest BCUT2D eigenvalue weighted by molar-refractivity contribution is 5.83. The quantitative estimate of drug-likeness (QED) is 0.405. The number of nitrogens with two attached hydrogens (primary N) is 1. The molecule has 0 saturated heterocycles. The van der Waals surface area contributed by atoms with Crippen molar-refractivity contribution in [2.75, 3.05) is 7.11 Å². The van der Waals surface area contributed by atoms with Gasteiger partial charge in [0.05, 0.1) is 7.11 Å². The topological polar surface area (TPSA) is 119 Å². The van der Waals surface area contributed by atoms with Crippen LogP contribution in [0.25, 0.3) is 0 Å². The van der Waals surface area contributed by atoms with Crippen LogP contribution in [0.2, 0.25) is 0 Å². The van der Waals surface area contributed by atoms with E-state index in [2.05, 4.69) is 10.1 Å². The predicted molar refractivity (Wildman–Crippen MR) is 58.8 cm³/mol. The van der Waals surface area contributed by atoms with Gasteiger partial charge in [0.1, 0.15) is 6.04 Å². The number of amides is 1. The summed E-state index contributed by atoms with van der Waals surface area (Å²) in [6.07, 6.45) is 1.13. The highest BCUT2D eigenvalue weighted by Crippen LogP contribution is 2.01. The Morgan fingerprint density at radius 3 is 2.47 bits per heavy atom. The molecule has 1 atom stereocenters. The second-order valence-corrected chi connectivity index (χ2v) is 3.39. The van der Waals surface area contributed by atoms with Crippen LogP contribution in [0.1, 0.15) is 19.8 Å². The van der Waals surface area contributed by atoms with Gasteiger partial charge in [-0.3, -0.25) is 4.79 Å². The fraction of sp³-hybridized carbons (Fsp3) is 0.500. The molecule has 0 bridgehead atoms. The van der Waals surface area contributed by atoms with Crippen LogP contribution >= 0.6 is 0 Å². The average molecular weight is 244 g/mol. The number of carboxylic acid groups (broad SMARTS) is 1. The lowest BCUT2D eigenvalue weighted by molar-refractivity contribution is -0.140. The zero-order valence-electron chi connectivity index (χ0n) is 9.73. The molecule has 4 N–H and O–H groups in total. The molecule has 0 aromatic rings. The highest BCUT2D eigenvalue weighted by atomic mass is 16.5. The average Bonchev–Trinajstić information content (AvgIpc) is 2.23. The number of rotatable bonds is 7. The maximum atomic E-state index is 10.9. The number of esters is 1. The van der Waals surface area contributed by atoms with Crippen LogP contribution < -0.4 is 11.1 Å². The molecule has 0 rings (SSSR count). The number of carbonyl (C=O) groups is 3. The SMILES string of the molecule is COC(=O)/C=C(/C)N[C@@H](CCC(N)=O)C(=O)O. The normalized spacial score (nSPS) is 12.7. The van der Waals surface area contributed by atoms with Crippen molar-refractivity contribution in [1.82, 2.24) is 5.32 Å². The van der Waals surface area contributed by atoms with Crippen LogP contribution in [0.3, 0.4) is 0 Å². The summed E-state index contributed by atoms with van der Waals surface area (Å²) >= 11 is 0. The van der Waals surface area contributed by atoms with Gasteiger partial charge in [0, 0.05) is 18.2 Å². The Labute approximate surface area is 98.6 Å². The molecule has 0 aromatic heterocycles. The Morgan fingerprint density at radius 2 is 2.06 bits per heavy atom. The summed E-state index contributed by atoms with van der Waals surface area (Å²) in [6.45, 7) is 1.52. The largest absolute Gasteiger partial charge is 0.480 e. The zero-order valence-corrected chi connectivity index (χ0v) is 9.73. The number of carboxylic acids is 1. The van der Waals surface area contributed by atoms with Gasteiger partial charge in [-0.2, -0.15) is 0 Å². The zero-order chi connectivity index (χ0) is 13.4. The van der Waals surface area contributed by atoms with Crippen molar-refractivity contribution in [3.8, 4) is 0 Å². The van der Waals surface area contributed by atoms with Crippen LogP contribution in [-0.2, 0) is 19.1 Å². The minimum absolute atomic E-state index is 0.0462. The third kappa shape index (κ3) is 6.93. The molecule has 0 aliphatic heterocycles. The van der Waals surface area contributed by atoms with Crippen molar-refractivity contribution < 1.29 is 24.2 Å². The van der Waals surface area contributed by atoms with Gasteiger partial charge in [-0.15, -0.1) is 0 Å². The van der Waals surface area contributed by atoms with E-state index < -0.39 is 23.9 Å². The molecule has 0 heterocycles. The van der Waals surface area contributed by atoms with Crippen molar-refractivity contribution in [2.45, 2.75) is 25.8 Å².